The summed E-state index contributed by atoms with van der Waals surface area (Å²) in [5.74, 6) is -0.629. The molecule has 1 N–H and O–H groups in total. The van der Waals surface area contributed by atoms with Crippen LogP contribution in [0, 0.1) is 5.82 Å². The van der Waals surface area contributed by atoms with E-state index in [-0.39, 0.29) is 28.5 Å². The van der Waals surface area contributed by atoms with E-state index in [0.717, 1.165) is 9.04 Å². The Labute approximate surface area is 189 Å². The molecule has 0 bridgehead atoms. The molecule has 0 radical (unpaired) electrons. The largest absolute Gasteiger partial charge is 0.355 e. The van der Waals surface area contributed by atoms with E-state index in [1.807, 2.05) is 12.1 Å². The number of nitrogens with zero attached hydrogens (tertiary/aromatic N) is 3. The second-order valence-electron chi connectivity index (χ2n) is 7.76. The number of para-hydroxylation sites is 1. The van der Waals surface area contributed by atoms with Gasteiger partial charge in [0.2, 0.25) is 0 Å². The van der Waals surface area contributed by atoms with E-state index in [0.29, 0.717) is 18.5 Å². The molecule has 1 aliphatic carbocycles. The third-order valence-electron chi connectivity index (χ3n) is 5.58. The molecule has 1 saturated carbocycles. The van der Waals surface area contributed by atoms with Gasteiger partial charge in [0.05, 0.1) is 11.4 Å². The summed E-state index contributed by atoms with van der Waals surface area (Å²) in [6.45, 7) is 0. The number of pyridine rings is 1. The zero-order chi connectivity index (χ0) is 22.6. The topological polar surface area (TPSA) is 78.0 Å². The average molecular weight is 497 g/mol. The van der Waals surface area contributed by atoms with E-state index in [1.165, 1.54) is 40.4 Å². The van der Waals surface area contributed by atoms with Crippen molar-refractivity contribution in [3.8, 4) is 5.69 Å². The van der Waals surface area contributed by atoms with Crippen LogP contribution in [0.1, 0.15) is 18.9 Å². The van der Waals surface area contributed by atoms with Gasteiger partial charge in [0.25, 0.3) is 11.1 Å². The molecular weight excluding hydrogens is 479 g/mol. The number of hydrogen-bond donors (Lipinski definition) is 1. The van der Waals surface area contributed by atoms with Gasteiger partial charge in [-0.05, 0) is 49.2 Å². The highest BCUT2D eigenvalue weighted by atomic mass is 79.9. The quantitative estimate of drug-likeness (QED) is 0.465. The van der Waals surface area contributed by atoms with Gasteiger partial charge in [0, 0.05) is 29.3 Å². The van der Waals surface area contributed by atoms with Crippen LogP contribution < -0.4 is 22.1 Å². The Morgan fingerprint density at radius 1 is 1.03 bits per heavy atom. The lowest BCUT2D eigenvalue weighted by molar-refractivity contribution is 0.597. The number of rotatable bonds is 4. The minimum absolute atomic E-state index is 0.0207. The van der Waals surface area contributed by atoms with Crippen molar-refractivity contribution in [3.05, 3.63) is 96.1 Å². The SMILES string of the molecule is Cn1c(=O)cc(Nc2ccc(Br)cc2)c2c(=O)n(C3CC3)c(=O)n(-c3ccccc3F)c21. The molecule has 0 atom stereocenters. The molecule has 162 valence electrons. The fourth-order valence-electron chi connectivity index (χ4n) is 3.86. The molecule has 0 unspecified atom stereocenters. The van der Waals surface area contributed by atoms with Crippen molar-refractivity contribution in [1.82, 2.24) is 13.7 Å². The summed E-state index contributed by atoms with van der Waals surface area (Å²) in [6.07, 6.45) is 1.39. The highest BCUT2D eigenvalue weighted by Gasteiger charge is 2.31. The predicted octanol–water partition coefficient (Wildman–Crippen LogP) is 3.83. The standard InChI is InChI=1S/C23H18BrFN4O3/c1-27-19(30)12-17(26-14-8-6-13(24)7-9-14)20-21(27)29(18-5-3-2-4-16(18)25)23(32)28(22(20)31)15-10-11-15/h2-9,12,15,26H,10-11H2,1H3. The third kappa shape index (κ3) is 3.29. The minimum Gasteiger partial charge on any atom is -0.355 e. The van der Waals surface area contributed by atoms with Crippen LogP contribution in [0.25, 0.3) is 16.7 Å². The van der Waals surface area contributed by atoms with Crippen LogP contribution in [-0.2, 0) is 7.05 Å². The molecule has 0 aliphatic heterocycles. The first-order valence-corrected chi connectivity index (χ1v) is 10.8. The number of fused-ring (bicyclic) bond motifs is 1. The summed E-state index contributed by atoms with van der Waals surface area (Å²) in [7, 11) is 1.46. The molecule has 32 heavy (non-hydrogen) atoms. The van der Waals surface area contributed by atoms with Crippen LogP contribution in [0.5, 0.6) is 0 Å². The van der Waals surface area contributed by atoms with Gasteiger partial charge in [-0.3, -0.25) is 18.7 Å². The van der Waals surface area contributed by atoms with Crippen molar-refractivity contribution in [2.75, 3.05) is 5.32 Å². The summed E-state index contributed by atoms with van der Waals surface area (Å²) < 4.78 is 19.2. The highest BCUT2D eigenvalue weighted by Crippen LogP contribution is 2.33. The van der Waals surface area contributed by atoms with Gasteiger partial charge in [-0.25, -0.2) is 13.8 Å². The molecule has 7 nitrogen and oxygen atoms in total. The number of aromatic nitrogens is 3. The lowest BCUT2D eigenvalue weighted by Gasteiger charge is -2.19. The summed E-state index contributed by atoms with van der Waals surface area (Å²) in [5, 5.41) is 3.27. The molecule has 1 aliphatic rings. The second-order valence-corrected chi connectivity index (χ2v) is 8.68. The van der Waals surface area contributed by atoms with Gasteiger partial charge in [-0.2, -0.15) is 0 Å². The summed E-state index contributed by atoms with van der Waals surface area (Å²) in [5.41, 5.74) is -0.674. The number of halogens is 2. The van der Waals surface area contributed by atoms with Gasteiger partial charge in [0.1, 0.15) is 16.9 Å². The Kier molecular flexibility index (Phi) is 4.85. The van der Waals surface area contributed by atoms with Crippen molar-refractivity contribution < 1.29 is 4.39 Å². The molecule has 1 fully saturated rings. The first-order chi connectivity index (χ1) is 15.4. The van der Waals surface area contributed by atoms with Gasteiger partial charge in [-0.15, -0.1) is 0 Å². The van der Waals surface area contributed by atoms with E-state index in [1.54, 1.807) is 18.2 Å². The van der Waals surface area contributed by atoms with Gasteiger partial charge < -0.3 is 5.32 Å². The number of anilines is 2. The molecular formula is C23H18BrFN4O3. The molecule has 0 saturated heterocycles. The van der Waals surface area contributed by atoms with Crippen LogP contribution in [-0.4, -0.2) is 13.7 Å². The van der Waals surface area contributed by atoms with Crippen molar-refractivity contribution in [2.45, 2.75) is 18.9 Å². The molecule has 9 heteroatoms. The Morgan fingerprint density at radius 3 is 2.38 bits per heavy atom. The highest BCUT2D eigenvalue weighted by molar-refractivity contribution is 9.10. The maximum Gasteiger partial charge on any atom is 0.337 e. The first-order valence-electron chi connectivity index (χ1n) is 10.1. The summed E-state index contributed by atoms with van der Waals surface area (Å²) in [4.78, 5) is 39.8. The lowest BCUT2D eigenvalue weighted by atomic mass is 10.2. The van der Waals surface area contributed by atoms with Gasteiger partial charge in [0.15, 0.2) is 0 Å². The minimum atomic E-state index is -0.661. The molecule has 2 aromatic carbocycles. The third-order valence-corrected chi connectivity index (χ3v) is 6.11. The van der Waals surface area contributed by atoms with E-state index in [9.17, 15) is 18.8 Å². The van der Waals surface area contributed by atoms with Crippen molar-refractivity contribution in [3.63, 3.8) is 0 Å². The zero-order valence-corrected chi connectivity index (χ0v) is 18.6. The molecule has 0 amide bonds. The monoisotopic (exact) mass is 496 g/mol. The van der Waals surface area contributed by atoms with Crippen LogP contribution in [0.4, 0.5) is 15.8 Å². The average Bonchev–Trinajstić information content (AvgIpc) is 3.59. The number of nitrogens with one attached hydrogen (secondary N) is 1. The Hall–Kier alpha value is -3.46. The fourth-order valence-corrected chi connectivity index (χ4v) is 4.12. The van der Waals surface area contributed by atoms with E-state index in [2.05, 4.69) is 21.2 Å². The summed E-state index contributed by atoms with van der Waals surface area (Å²) >= 11 is 3.38. The Bertz CT molecular complexity index is 1550. The van der Waals surface area contributed by atoms with E-state index >= 15 is 0 Å². The van der Waals surface area contributed by atoms with Crippen molar-refractivity contribution in [1.29, 1.82) is 0 Å². The molecule has 2 heterocycles. The van der Waals surface area contributed by atoms with Crippen LogP contribution in [0.3, 0.4) is 0 Å². The number of benzene rings is 2. The lowest BCUT2D eigenvalue weighted by Crippen LogP contribution is -2.41. The van der Waals surface area contributed by atoms with E-state index < -0.39 is 22.6 Å². The zero-order valence-electron chi connectivity index (χ0n) is 17.0. The second kappa shape index (κ2) is 7.59. The van der Waals surface area contributed by atoms with Crippen LogP contribution >= 0.6 is 15.9 Å². The van der Waals surface area contributed by atoms with Crippen LogP contribution in [0.2, 0.25) is 0 Å². The Balaban J connectivity index is 1.92. The van der Waals surface area contributed by atoms with Gasteiger partial charge >= 0.3 is 5.69 Å². The van der Waals surface area contributed by atoms with Crippen molar-refractivity contribution in [2.24, 2.45) is 7.05 Å². The summed E-state index contributed by atoms with van der Waals surface area (Å²) in [6, 6.07) is 14.1. The van der Waals surface area contributed by atoms with E-state index in [4.69, 9.17) is 0 Å². The normalized spacial score (nSPS) is 13.5. The molecule has 0 spiro atoms. The molecule has 4 aromatic rings. The fraction of sp³-hybridized carbons (Fsp3) is 0.174. The van der Waals surface area contributed by atoms with Crippen LogP contribution in [0.15, 0.2) is 73.5 Å². The molecule has 2 aromatic heterocycles. The number of aryl methyl sites for hydroxylation is 1. The number of hydrogen-bond acceptors (Lipinski definition) is 4. The van der Waals surface area contributed by atoms with Crippen molar-refractivity contribution >= 4 is 38.3 Å². The first kappa shape index (κ1) is 20.4. The molecule has 5 rings (SSSR count). The smallest absolute Gasteiger partial charge is 0.337 e. The van der Waals surface area contributed by atoms with Gasteiger partial charge in [-0.1, -0.05) is 28.1 Å². The maximum atomic E-state index is 14.8. The predicted molar refractivity (Wildman–Crippen MR) is 125 cm³/mol. The Morgan fingerprint density at radius 2 is 1.72 bits per heavy atom. The maximum absolute atomic E-state index is 14.8.